The molecule has 3 nitrogen and oxygen atoms in total. The van der Waals surface area contributed by atoms with Gasteiger partial charge >= 0.3 is 0 Å². The van der Waals surface area contributed by atoms with Crippen molar-refractivity contribution in [2.45, 2.75) is 31.1 Å². The van der Waals surface area contributed by atoms with E-state index < -0.39 is 6.43 Å². The Morgan fingerprint density at radius 1 is 1.00 bits per heavy atom. The number of halogens is 2. The van der Waals surface area contributed by atoms with Crippen molar-refractivity contribution in [1.82, 2.24) is 15.1 Å². The number of hydrogen-bond donors (Lipinski definition) is 1. The van der Waals surface area contributed by atoms with Crippen molar-refractivity contribution in [2.24, 2.45) is 0 Å². The van der Waals surface area contributed by atoms with Gasteiger partial charge < -0.3 is 4.90 Å². The van der Waals surface area contributed by atoms with E-state index in [0.29, 0.717) is 5.92 Å². The number of alkyl halides is 2. The van der Waals surface area contributed by atoms with Crippen LogP contribution >= 0.6 is 0 Å². The fourth-order valence-corrected chi connectivity index (χ4v) is 4.32. The van der Waals surface area contributed by atoms with E-state index in [0.717, 1.165) is 25.3 Å². The summed E-state index contributed by atoms with van der Waals surface area (Å²) in [6.07, 6.45) is -2.55. The van der Waals surface area contributed by atoms with Gasteiger partial charge in [-0.2, -0.15) is 5.10 Å². The molecule has 28 heavy (non-hydrogen) atoms. The third-order valence-electron chi connectivity index (χ3n) is 5.76. The second kappa shape index (κ2) is 8.23. The minimum Gasteiger partial charge on any atom is -0.301 e. The summed E-state index contributed by atoms with van der Waals surface area (Å²) in [7, 11) is 0. The maximum Gasteiger partial charge on any atom is 0.282 e. The summed E-state index contributed by atoms with van der Waals surface area (Å²) in [6.45, 7) is 4.93. The highest BCUT2D eigenvalue weighted by atomic mass is 19.3. The van der Waals surface area contributed by atoms with Gasteiger partial charge in [0.05, 0.1) is 0 Å². The Balaban J connectivity index is 1.56. The molecule has 1 aliphatic rings. The van der Waals surface area contributed by atoms with Crippen LogP contribution in [0.15, 0.2) is 66.7 Å². The van der Waals surface area contributed by atoms with E-state index in [-0.39, 0.29) is 17.5 Å². The number of rotatable bonds is 6. The number of nitrogens with one attached hydrogen (secondary N) is 1. The number of H-pyrrole nitrogens is 1. The van der Waals surface area contributed by atoms with Crippen molar-refractivity contribution in [2.75, 3.05) is 19.6 Å². The van der Waals surface area contributed by atoms with Crippen LogP contribution in [0.25, 0.3) is 0 Å². The van der Waals surface area contributed by atoms with Crippen molar-refractivity contribution in [1.29, 1.82) is 0 Å². The molecule has 1 aromatic heterocycles. The molecule has 1 fully saturated rings. The largest absolute Gasteiger partial charge is 0.301 e. The molecule has 1 aliphatic heterocycles. The SMILES string of the molecule is CC(CN1C[C@@H](c2ccccc2)[C@H](c2cc(C(F)F)n[nH]2)C1)c1ccccc1. The van der Waals surface area contributed by atoms with Gasteiger partial charge in [0.25, 0.3) is 6.43 Å². The van der Waals surface area contributed by atoms with Crippen LogP contribution in [-0.2, 0) is 0 Å². The van der Waals surface area contributed by atoms with Gasteiger partial charge in [0.1, 0.15) is 5.69 Å². The Labute approximate surface area is 164 Å². The number of hydrogen-bond acceptors (Lipinski definition) is 2. The maximum absolute atomic E-state index is 13.0. The number of aromatic amines is 1. The molecule has 0 amide bonds. The molecule has 0 bridgehead atoms. The molecule has 3 aromatic rings. The third-order valence-corrected chi connectivity index (χ3v) is 5.76. The second-order valence-corrected chi connectivity index (χ2v) is 7.70. The molecule has 0 spiro atoms. The van der Waals surface area contributed by atoms with Crippen LogP contribution in [-0.4, -0.2) is 34.7 Å². The molecule has 0 aliphatic carbocycles. The van der Waals surface area contributed by atoms with E-state index in [1.807, 2.05) is 24.3 Å². The highest BCUT2D eigenvalue weighted by molar-refractivity contribution is 5.29. The first-order valence-corrected chi connectivity index (χ1v) is 9.77. The predicted octanol–water partition coefficient (Wildman–Crippen LogP) is 5.33. The van der Waals surface area contributed by atoms with Gasteiger partial charge in [-0.3, -0.25) is 5.10 Å². The lowest BCUT2D eigenvalue weighted by Gasteiger charge is -2.21. The minimum absolute atomic E-state index is 0.130. The zero-order chi connectivity index (χ0) is 19.5. The van der Waals surface area contributed by atoms with E-state index >= 15 is 0 Å². The van der Waals surface area contributed by atoms with Crippen LogP contribution in [0.2, 0.25) is 0 Å². The van der Waals surface area contributed by atoms with E-state index in [4.69, 9.17) is 0 Å². The van der Waals surface area contributed by atoms with Crippen molar-refractivity contribution >= 4 is 0 Å². The standard InChI is InChI=1S/C23H25F2N3/c1-16(17-8-4-2-5-9-17)13-28-14-19(18-10-6-3-7-11-18)20(15-28)21-12-22(23(24)25)27-26-21/h2-12,16,19-20,23H,13-15H2,1H3,(H,26,27)/t16?,19-,20+/m0/s1. The monoisotopic (exact) mass is 381 g/mol. The zero-order valence-corrected chi connectivity index (χ0v) is 15.9. The molecule has 2 aromatic carbocycles. The van der Waals surface area contributed by atoms with Crippen LogP contribution < -0.4 is 0 Å². The molecule has 1 unspecified atom stereocenters. The van der Waals surface area contributed by atoms with Crippen LogP contribution in [0.3, 0.4) is 0 Å². The zero-order valence-electron chi connectivity index (χ0n) is 15.9. The Kier molecular flexibility index (Phi) is 5.53. The first-order chi connectivity index (χ1) is 13.6. The van der Waals surface area contributed by atoms with E-state index in [1.54, 1.807) is 0 Å². The summed E-state index contributed by atoms with van der Waals surface area (Å²) in [5, 5.41) is 6.71. The van der Waals surface area contributed by atoms with Crippen LogP contribution in [0, 0.1) is 0 Å². The lowest BCUT2D eigenvalue weighted by molar-refractivity contribution is 0.146. The van der Waals surface area contributed by atoms with Crippen molar-refractivity contribution < 1.29 is 8.78 Å². The number of aromatic nitrogens is 2. The average Bonchev–Trinajstić information content (AvgIpc) is 3.36. The van der Waals surface area contributed by atoms with Gasteiger partial charge in [-0.25, -0.2) is 8.78 Å². The first-order valence-electron chi connectivity index (χ1n) is 9.77. The highest BCUT2D eigenvalue weighted by Crippen LogP contribution is 2.40. The van der Waals surface area contributed by atoms with Gasteiger partial charge in [-0.15, -0.1) is 0 Å². The summed E-state index contributed by atoms with van der Waals surface area (Å²) in [4.78, 5) is 2.45. The minimum atomic E-state index is -2.55. The normalized spacial score (nSPS) is 21.3. The van der Waals surface area contributed by atoms with Crippen molar-refractivity contribution in [3.05, 3.63) is 89.2 Å². The molecule has 1 saturated heterocycles. The summed E-state index contributed by atoms with van der Waals surface area (Å²) >= 11 is 0. The van der Waals surface area contributed by atoms with Gasteiger partial charge in [-0.1, -0.05) is 67.6 Å². The smallest absolute Gasteiger partial charge is 0.282 e. The van der Waals surface area contributed by atoms with E-state index in [1.165, 1.54) is 17.2 Å². The molecule has 0 saturated carbocycles. The van der Waals surface area contributed by atoms with Gasteiger partial charge in [0.15, 0.2) is 0 Å². The third kappa shape index (κ3) is 3.99. The Hall–Kier alpha value is -2.53. The Morgan fingerprint density at radius 3 is 2.29 bits per heavy atom. The lowest BCUT2D eigenvalue weighted by Crippen LogP contribution is -2.25. The summed E-state index contributed by atoms with van der Waals surface area (Å²) in [5.41, 5.74) is 3.20. The topological polar surface area (TPSA) is 31.9 Å². The summed E-state index contributed by atoms with van der Waals surface area (Å²) in [5.74, 6) is 0.801. The molecule has 2 heterocycles. The van der Waals surface area contributed by atoms with Crippen molar-refractivity contribution in [3.63, 3.8) is 0 Å². The Bertz CT molecular complexity index is 879. The molecule has 1 N–H and O–H groups in total. The first kappa shape index (κ1) is 18.8. The van der Waals surface area contributed by atoms with Gasteiger partial charge in [-0.05, 0) is 23.1 Å². The maximum atomic E-state index is 13.0. The molecule has 4 rings (SSSR count). The molecule has 3 atom stereocenters. The van der Waals surface area contributed by atoms with Crippen LogP contribution in [0.5, 0.6) is 0 Å². The fraction of sp³-hybridized carbons (Fsp3) is 0.348. The van der Waals surface area contributed by atoms with E-state index in [2.05, 4.69) is 58.4 Å². The number of likely N-dealkylation sites (tertiary alicyclic amines) is 1. The number of nitrogens with zero attached hydrogens (tertiary/aromatic N) is 2. The Morgan fingerprint density at radius 2 is 1.64 bits per heavy atom. The molecular formula is C23H25F2N3. The molecule has 5 heteroatoms. The van der Waals surface area contributed by atoms with Crippen LogP contribution in [0.1, 0.15) is 53.6 Å². The molecule has 146 valence electrons. The number of benzene rings is 2. The summed E-state index contributed by atoms with van der Waals surface area (Å²) < 4.78 is 26.1. The molecule has 0 radical (unpaired) electrons. The fourth-order valence-electron chi connectivity index (χ4n) is 4.32. The van der Waals surface area contributed by atoms with Gasteiger partial charge in [0.2, 0.25) is 0 Å². The second-order valence-electron chi connectivity index (χ2n) is 7.70. The molecular weight excluding hydrogens is 356 g/mol. The predicted molar refractivity (Wildman–Crippen MR) is 107 cm³/mol. The average molecular weight is 381 g/mol. The van der Waals surface area contributed by atoms with Crippen LogP contribution in [0.4, 0.5) is 8.78 Å². The van der Waals surface area contributed by atoms with Crippen molar-refractivity contribution in [3.8, 4) is 0 Å². The van der Waals surface area contributed by atoms with E-state index in [9.17, 15) is 8.78 Å². The summed E-state index contributed by atoms with van der Waals surface area (Å²) in [6, 6.07) is 22.4. The van der Waals surface area contributed by atoms with Gasteiger partial charge in [0, 0.05) is 37.2 Å². The lowest BCUT2D eigenvalue weighted by atomic mass is 9.87. The quantitative estimate of drug-likeness (QED) is 0.625. The highest BCUT2D eigenvalue weighted by Gasteiger charge is 2.36.